The second kappa shape index (κ2) is 12.7. The number of ether oxygens (including phenoxy) is 2. The van der Waals surface area contributed by atoms with Gasteiger partial charge in [-0.15, -0.1) is 24.0 Å². The van der Waals surface area contributed by atoms with Gasteiger partial charge in [0.1, 0.15) is 0 Å². The highest BCUT2D eigenvalue weighted by atomic mass is 127. The van der Waals surface area contributed by atoms with Gasteiger partial charge in [-0.3, -0.25) is 4.99 Å². The fraction of sp³-hybridized carbons (Fsp3) is 0.350. The molecule has 2 N–H and O–H groups in total. The van der Waals surface area contributed by atoms with Gasteiger partial charge in [0, 0.05) is 25.2 Å². The van der Waals surface area contributed by atoms with Crippen LogP contribution in [0.4, 0.5) is 0 Å². The van der Waals surface area contributed by atoms with Crippen LogP contribution in [0.1, 0.15) is 17.5 Å². The average molecular weight is 504 g/mol. The second-order valence-electron chi connectivity index (χ2n) is 5.78. The molecule has 2 aromatic rings. The monoisotopic (exact) mass is 503 g/mol. The zero-order chi connectivity index (χ0) is 18.8. The van der Waals surface area contributed by atoms with Crippen LogP contribution < -0.4 is 20.1 Å². The van der Waals surface area contributed by atoms with Crippen LogP contribution in [-0.2, 0) is 13.0 Å². The number of hydrogen-bond donors (Lipinski definition) is 2. The van der Waals surface area contributed by atoms with Gasteiger partial charge in [-0.05, 0) is 48.2 Å². The highest BCUT2D eigenvalue weighted by Crippen LogP contribution is 2.27. The molecule has 27 heavy (non-hydrogen) atoms. The topological polar surface area (TPSA) is 54.9 Å². The molecule has 148 valence electrons. The zero-order valence-corrected chi connectivity index (χ0v) is 19.0. The molecule has 0 heterocycles. The van der Waals surface area contributed by atoms with E-state index in [1.165, 1.54) is 5.56 Å². The predicted octanol–water partition coefficient (Wildman–Crippen LogP) is 4.27. The number of halogens is 2. The number of methoxy groups -OCH3 is 2. The number of nitrogens with one attached hydrogen (secondary N) is 2. The quantitative estimate of drug-likeness (QED) is 0.244. The summed E-state index contributed by atoms with van der Waals surface area (Å²) in [6.45, 7) is 1.50. The average Bonchev–Trinajstić information content (AvgIpc) is 2.67. The van der Waals surface area contributed by atoms with Crippen LogP contribution in [0.3, 0.4) is 0 Å². The molecule has 0 aliphatic carbocycles. The minimum absolute atomic E-state index is 0. The Hall–Kier alpha value is -1.67. The van der Waals surface area contributed by atoms with Gasteiger partial charge < -0.3 is 20.1 Å². The summed E-state index contributed by atoms with van der Waals surface area (Å²) in [4.78, 5) is 4.25. The largest absolute Gasteiger partial charge is 0.493 e. The normalized spacial score (nSPS) is 10.7. The molecule has 0 saturated heterocycles. The van der Waals surface area contributed by atoms with Crippen LogP contribution in [0.5, 0.6) is 11.5 Å². The van der Waals surface area contributed by atoms with E-state index in [-0.39, 0.29) is 24.0 Å². The Morgan fingerprint density at radius 2 is 1.78 bits per heavy atom. The third kappa shape index (κ3) is 7.84. The molecule has 2 aromatic carbocycles. The molecule has 0 fully saturated rings. The summed E-state index contributed by atoms with van der Waals surface area (Å²) in [6, 6.07) is 13.8. The fourth-order valence-electron chi connectivity index (χ4n) is 2.59. The molecule has 0 radical (unpaired) electrons. The molecule has 0 aromatic heterocycles. The van der Waals surface area contributed by atoms with Crippen LogP contribution in [0.15, 0.2) is 47.5 Å². The lowest BCUT2D eigenvalue weighted by atomic mass is 10.1. The summed E-state index contributed by atoms with van der Waals surface area (Å²) in [5.41, 5.74) is 2.33. The van der Waals surface area contributed by atoms with E-state index in [4.69, 9.17) is 21.1 Å². The second-order valence-corrected chi connectivity index (χ2v) is 6.21. The van der Waals surface area contributed by atoms with Crippen molar-refractivity contribution < 1.29 is 9.47 Å². The molecule has 2 rings (SSSR count). The summed E-state index contributed by atoms with van der Waals surface area (Å²) in [6.07, 6.45) is 1.92. The summed E-state index contributed by atoms with van der Waals surface area (Å²) >= 11 is 6.00. The van der Waals surface area contributed by atoms with Gasteiger partial charge in [0.15, 0.2) is 17.5 Å². The van der Waals surface area contributed by atoms with Gasteiger partial charge in [0.05, 0.1) is 14.2 Å². The molecule has 7 heteroatoms. The third-order valence-electron chi connectivity index (χ3n) is 3.96. The number of nitrogens with zero attached hydrogens (tertiary/aromatic N) is 1. The van der Waals surface area contributed by atoms with E-state index in [0.717, 1.165) is 47.4 Å². The number of aryl methyl sites for hydroxylation is 1. The van der Waals surface area contributed by atoms with E-state index in [0.29, 0.717) is 6.54 Å². The van der Waals surface area contributed by atoms with Crippen molar-refractivity contribution >= 4 is 41.5 Å². The van der Waals surface area contributed by atoms with Crippen molar-refractivity contribution in [3.05, 3.63) is 58.6 Å². The Bertz CT molecular complexity index is 741. The van der Waals surface area contributed by atoms with Gasteiger partial charge in [0.25, 0.3) is 0 Å². The number of rotatable bonds is 8. The highest BCUT2D eigenvalue weighted by Gasteiger charge is 2.05. The molecular weight excluding hydrogens is 477 g/mol. The van der Waals surface area contributed by atoms with Crippen LogP contribution in [-0.4, -0.2) is 33.8 Å². The summed E-state index contributed by atoms with van der Waals surface area (Å²) in [5.74, 6) is 2.29. The van der Waals surface area contributed by atoms with Crippen molar-refractivity contribution in [2.45, 2.75) is 19.4 Å². The Morgan fingerprint density at radius 3 is 2.44 bits per heavy atom. The molecule has 0 atom stereocenters. The Labute approximate surface area is 183 Å². The van der Waals surface area contributed by atoms with Gasteiger partial charge in [0.2, 0.25) is 0 Å². The van der Waals surface area contributed by atoms with Crippen molar-refractivity contribution in [3.63, 3.8) is 0 Å². The van der Waals surface area contributed by atoms with Gasteiger partial charge in [-0.2, -0.15) is 0 Å². The van der Waals surface area contributed by atoms with Crippen LogP contribution in [0.2, 0.25) is 5.02 Å². The molecule has 0 aliphatic rings. The van der Waals surface area contributed by atoms with Crippen LogP contribution in [0.25, 0.3) is 0 Å². The van der Waals surface area contributed by atoms with Crippen LogP contribution in [0, 0.1) is 0 Å². The third-order valence-corrected chi connectivity index (χ3v) is 4.19. The van der Waals surface area contributed by atoms with Crippen molar-refractivity contribution in [3.8, 4) is 11.5 Å². The summed E-state index contributed by atoms with van der Waals surface area (Å²) < 4.78 is 10.6. The zero-order valence-electron chi connectivity index (χ0n) is 15.9. The molecule has 0 unspecified atom stereocenters. The number of benzene rings is 2. The SMILES string of the molecule is CN=C(NCCCc1ccc(OC)c(OC)c1)NCc1cccc(Cl)c1.I. The van der Waals surface area contributed by atoms with E-state index in [9.17, 15) is 0 Å². The van der Waals surface area contributed by atoms with Gasteiger partial charge in [-0.25, -0.2) is 0 Å². The van der Waals surface area contributed by atoms with Crippen molar-refractivity contribution in [1.29, 1.82) is 0 Å². The lowest BCUT2D eigenvalue weighted by Gasteiger charge is -2.13. The lowest BCUT2D eigenvalue weighted by Crippen LogP contribution is -2.37. The maximum atomic E-state index is 6.00. The van der Waals surface area contributed by atoms with E-state index < -0.39 is 0 Å². The van der Waals surface area contributed by atoms with Crippen molar-refractivity contribution in [1.82, 2.24) is 10.6 Å². The maximum absolute atomic E-state index is 6.00. The number of hydrogen-bond acceptors (Lipinski definition) is 3. The molecule has 5 nitrogen and oxygen atoms in total. The molecule has 0 spiro atoms. The molecule has 0 bridgehead atoms. The Balaban J connectivity index is 0.00000364. The Morgan fingerprint density at radius 1 is 1.00 bits per heavy atom. The van der Waals surface area contributed by atoms with Gasteiger partial charge in [-0.1, -0.05) is 29.8 Å². The van der Waals surface area contributed by atoms with Crippen LogP contribution >= 0.6 is 35.6 Å². The van der Waals surface area contributed by atoms with E-state index in [1.54, 1.807) is 21.3 Å². The number of aliphatic imine (C=N–C) groups is 1. The Kier molecular flexibility index (Phi) is 11.0. The first-order valence-electron chi connectivity index (χ1n) is 8.56. The first-order chi connectivity index (χ1) is 12.7. The smallest absolute Gasteiger partial charge is 0.191 e. The molecular formula is C20H27ClIN3O2. The highest BCUT2D eigenvalue weighted by molar-refractivity contribution is 14.0. The summed E-state index contributed by atoms with van der Waals surface area (Å²) in [7, 11) is 5.06. The first-order valence-corrected chi connectivity index (χ1v) is 8.94. The molecule has 0 aliphatic heterocycles. The van der Waals surface area contributed by atoms with Gasteiger partial charge >= 0.3 is 0 Å². The minimum Gasteiger partial charge on any atom is -0.493 e. The predicted molar refractivity (Wildman–Crippen MR) is 123 cm³/mol. The van der Waals surface area contributed by atoms with E-state index in [2.05, 4.69) is 21.7 Å². The fourth-order valence-corrected chi connectivity index (χ4v) is 2.80. The number of guanidine groups is 1. The summed E-state index contributed by atoms with van der Waals surface area (Å²) in [5, 5.41) is 7.35. The lowest BCUT2D eigenvalue weighted by molar-refractivity contribution is 0.354. The van der Waals surface area contributed by atoms with Crippen molar-refractivity contribution in [2.75, 3.05) is 27.8 Å². The maximum Gasteiger partial charge on any atom is 0.191 e. The van der Waals surface area contributed by atoms with E-state index in [1.807, 2.05) is 36.4 Å². The first kappa shape index (κ1) is 23.4. The molecule has 0 amide bonds. The molecule has 0 saturated carbocycles. The van der Waals surface area contributed by atoms with E-state index >= 15 is 0 Å². The van der Waals surface area contributed by atoms with Crippen molar-refractivity contribution in [2.24, 2.45) is 4.99 Å². The standard InChI is InChI=1S/C20H26ClN3O2.HI/c1-22-20(24-14-16-6-4-8-17(21)12-16)23-11-5-7-15-9-10-18(25-2)19(13-15)26-3;/h4,6,8-10,12-13H,5,7,11,14H2,1-3H3,(H2,22,23,24);1H. The minimum atomic E-state index is 0.